The van der Waals surface area contributed by atoms with E-state index in [-0.39, 0.29) is 30.9 Å². The fourth-order valence-electron chi connectivity index (χ4n) is 1.34. The van der Waals surface area contributed by atoms with E-state index in [1.807, 2.05) is 0 Å². The Morgan fingerprint density at radius 1 is 1.33 bits per heavy atom. The molecular weight excluding hydrogens is 198 g/mol. The standard InChI is InChI=1S/C8H9N5O2/c9-8-10-2-1-5(11-8)13-3-6(14)12-7(15)4-13/h1-2H,3-4H2,(H2,9,10,11)(H,12,14,15). The molecule has 78 valence electrons. The van der Waals surface area contributed by atoms with Crippen molar-refractivity contribution >= 4 is 23.6 Å². The molecular formula is C8H9N5O2. The van der Waals surface area contributed by atoms with Crippen molar-refractivity contribution in [2.24, 2.45) is 0 Å². The molecule has 0 spiro atoms. The Hall–Kier alpha value is -2.18. The number of nitrogen functional groups attached to an aromatic ring is 1. The molecule has 1 aliphatic rings. The summed E-state index contributed by atoms with van der Waals surface area (Å²) in [6, 6.07) is 1.60. The Morgan fingerprint density at radius 2 is 2.00 bits per heavy atom. The van der Waals surface area contributed by atoms with Crippen LogP contribution in [0.1, 0.15) is 0 Å². The van der Waals surface area contributed by atoms with E-state index in [0.717, 1.165) is 0 Å². The van der Waals surface area contributed by atoms with Crippen LogP contribution in [0.5, 0.6) is 0 Å². The van der Waals surface area contributed by atoms with Crippen molar-refractivity contribution in [3.8, 4) is 0 Å². The first-order valence-corrected chi connectivity index (χ1v) is 4.31. The van der Waals surface area contributed by atoms with Gasteiger partial charge in [-0.05, 0) is 6.07 Å². The number of nitrogens with zero attached hydrogens (tertiary/aromatic N) is 3. The molecule has 0 aliphatic carbocycles. The van der Waals surface area contributed by atoms with Crippen LogP contribution in [0.15, 0.2) is 12.3 Å². The van der Waals surface area contributed by atoms with E-state index >= 15 is 0 Å². The summed E-state index contributed by atoms with van der Waals surface area (Å²) in [6.07, 6.45) is 1.48. The van der Waals surface area contributed by atoms with Gasteiger partial charge in [0.15, 0.2) is 0 Å². The Bertz CT molecular complexity index is 403. The van der Waals surface area contributed by atoms with Gasteiger partial charge in [0, 0.05) is 6.20 Å². The number of imide groups is 1. The lowest BCUT2D eigenvalue weighted by Crippen LogP contribution is -2.51. The highest BCUT2D eigenvalue weighted by atomic mass is 16.2. The molecule has 0 atom stereocenters. The van der Waals surface area contributed by atoms with Crippen LogP contribution in [0.4, 0.5) is 11.8 Å². The summed E-state index contributed by atoms with van der Waals surface area (Å²) in [4.78, 5) is 31.4. The summed E-state index contributed by atoms with van der Waals surface area (Å²) in [5, 5.41) is 2.20. The summed E-state index contributed by atoms with van der Waals surface area (Å²) in [6.45, 7) is 0.199. The smallest absolute Gasteiger partial charge is 0.246 e. The van der Waals surface area contributed by atoms with E-state index in [1.54, 1.807) is 11.0 Å². The van der Waals surface area contributed by atoms with E-state index in [4.69, 9.17) is 5.73 Å². The minimum atomic E-state index is -0.344. The molecule has 0 bridgehead atoms. The molecule has 15 heavy (non-hydrogen) atoms. The van der Waals surface area contributed by atoms with Crippen molar-refractivity contribution in [1.29, 1.82) is 0 Å². The third-order valence-electron chi connectivity index (χ3n) is 1.93. The van der Waals surface area contributed by atoms with Crippen molar-refractivity contribution in [2.75, 3.05) is 23.7 Å². The molecule has 0 aromatic carbocycles. The fourth-order valence-corrected chi connectivity index (χ4v) is 1.34. The highest BCUT2D eigenvalue weighted by Gasteiger charge is 2.23. The van der Waals surface area contributed by atoms with Gasteiger partial charge in [-0.15, -0.1) is 0 Å². The van der Waals surface area contributed by atoms with Crippen molar-refractivity contribution in [1.82, 2.24) is 15.3 Å². The van der Waals surface area contributed by atoms with E-state index in [2.05, 4.69) is 15.3 Å². The summed E-state index contributed by atoms with van der Waals surface area (Å²) in [7, 11) is 0. The lowest BCUT2D eigenvalue weighted by atomic mass is 10.3. The molecule has 7 heteroatoms. The summed E-state index contributed by atoms with van der Waals surface area (Å²) < 4.78 is 0. The zero-order valence-electron chi connectivity index (χ0n) is 7.80. The van der Waals surface area contributed by atoms with Gasteiger partial charge in [-0.2, -0.15) is 4.98 Å². The number of nitrogens with two attached hydrogens (primary N) is 1. The maximum absolute atomic E-state index is 11.1. The molecule has 0 unspecified atom stereocenters. The average molecular weight is 207 g/mol. The van der Waals surface area contributed by atoms with E-state index in [0.29, 0.717) is 5.82 Å². The number of piperazine rings is 1. The van der Waals surface area contributed by atoms with Crippen LogP contribution in [0.3, 0.4) is 0 Å². The number of hydrogen-bond acceptors (Lipinski definition) is 6. The number of nitrogens with one attached hydrogen (secondary N) is 1. The third-order valence-corrected chi connectivity index (χ3v) is 1.93. The first-order valence-electron chi connectivity index (χ1n) is 4.31. The van der Waals surface area contributed by atoms with E-state index < -0.39 is 0 Å². The number of carbonyl (C=O) groups is 2. The van der Waals surface area contributed by atoms with E-state index in [1.165, 1.54) is 6.20 Å². The number of anilines is 2. The molecule has 2 amide bonds. The minimum Gasteiger partial charge on any atom is -0.368 e. The van der Waals surface area contributed by atoms with Crippen molar-refractivity contribution in [3.05, 3.63) is 12.3 Å². The zero-order valence-corrected chi connectivity index (χ0v) is 7.80. The molecule has 2 rings (SSSR count). The highest BCUT2D eigenvalue weighted by molar-refractivity contribution is 6.02. The van der Waals surface area contributed by atoms with Gasteiger partial charge in [-0.3, -0.25) is 14.9 Å². The van der Waals surface area contributed by atoms with Gasteiger partial charge in [0.05, 0.1) is 13.1 Å². The molecule has 7 nitrogen and oxygen atoms in total. The third kappa shape index (κ3) is 2.01. The lowest BCUT2D eigenvalue weighted by molar-refractivity contribution is -0.130. The monoisotopic (exact) mass is 207 g/mol. The minimum absolute atomic E-state index is 0.0994. The van der Waals surface area contributed by atoms with Gasteiger partial charge in [-0.25, -0.2) is 4.98 Å². The van der Waals surface area contributed by atoms with Gasteiger partial charge < -0.3 is 10.6 Å². The Kier molecular flexibility index (Phi) is 2.20. The Labute approximate surface area is 85.3 Å². The van der Waals surface area contributed by atoms with Crippen LogP contribution in [0, 0.1) is 0 Å². The number of aromatic nitrogens is 2. The van der Waals surface area contributed by atoms with Crippen LogP contribution >= 0.6 is 0 Å². The Morgan fingerprint density at radius 3 is 2.60 bits per heavy atom. The molecule has 0 radical (unpaired) electrons. The van der Waals surface area contributed by atoms with Crippen molar-refractivity contribution in [2.45, 2.75) is 0 Å². The van der Waals surface area contributed by atoms with Crippen LogP contribution in [0.2, 0.25) is 0 Å². The largest absolute Gasteiger partial charge is 0.368 e. The van der Waals surface area contributed by atoms with Gasteiger partial charge in [0.1, 0.15) is 5.82 Å². The van der Waals surface area contributed by atoms with Crippen LogP contribution in [-0.2, 0) is 9.59 Å². The SMILES string of the molecule is Nc1nccc(N2CC(=O)NC(=O)C2)n1. The molecule has 1 aromatic heterocycles. The normalized spacial score (nSPS) is 16.4. The quantitative estimate of drug-likeness (QED) is 0.545. The summed E-state index contributed by atoms with van der Waals surface area (Å²) in [5.41, 5.74) is 5.40. The fraction of sp³-hybridized carbons (Fsp3) is 0.250. The molecule has 0 saturated carbocycles. The highest BCUT2D eigenvalue weighted by Crippen LogP contribution is 2.11. The molecule has 1 fully saturated rings. The molecule has 1 aromatic rings. The van der Waals surface area contributed by atoms with Gasteiger partial charge >= 0.3 is 0 Å². The van der Waals surface area contributed by atoms with Gasteiger partial charge in [-0.1, -0.05) is 0 Å². The molecule has 1 aliphatic heterocycles. The number of carbonyl (C=O) groups excluding carboxylic acids is 2. The summed E-state index contributed by atoms with van der Waals surface area (Å²) >= 11 is 0. The molecule has 3 N–H and O–H groups in total. The number of hydrogen-bond donors (Lipinski definition) is 2. The second-order valence-electron chi connectivity index (χ2n) is 3.10. The Balaban J connectivity index is 2.23. The first-order chi connectivity index (χ1) is 7.15. The first kappa shape index (κ1) is 9.38. The van der Waals surface area contributed by atoms with Crippen LogP contribution < -0.4 is 16.0 Å². The topological polar surface area (TPSA) is 101 Å². The maximum Gasteiger partial charge on any atom is 0.246 e. The van der Waals surface area contributed by atoms with Crippen molar-refractivity contribution in [3.63, 3.8) is 0 Å². The zero-order chi connectivity index (χ0) is 10.8. The maximum atomic E-state index is 11.1. The van der Waals surface area contributed by atoms with Gasteiger partial charge in [0.25, 0.3) is 0 Å². The summed E-state index contributed by atoms with van der Waals surface area (Å²) in [5.74, 6) is -0.0940. The molecule has 2 heterocycles. The van der Waals surface area contributed by atoms with Crippen LogP contribution in [-0.4, -0.2) is 34.9 Å². The van der Waals surface area contributed by atoms with Gasteiger partial charge in [0.2, 0.25) is 17.8 Å². The van der Waals surface area contributed by atoms with E-state index in [9.17, 15) is 9.59 Å². The van der Waals surface area contributed by atoms with Crippen LogP contribution in [0.25, 0.3) is 0 Å². The average Bonchev–Trinajstić information content (AvgIpc) is 2.16. The predicted molar refractivity (Wildman–Crippen MR) is 51.8 cm³/mol. The van der Waals surface area contributed by atoms with Crippen molar-refractivity contribution < 1.29 is 9.59 Å². The lowest BCUT2D eigenvalue weighted by Gasteiger charge is -2.26. The second kappa shape index (κ2) is 3.52. The number of rotatable bonds is 1. The number of amides is 2. The second-order valence-corrected chi connectivity index (χ2v) is 3.10. The predicted octanol–water partition coefficient (Wildman–Crippen LogP) is -1.48. The molecule has 1 saturated heterocycles.